The maximum atomic E-state index is 12.4. The predicted molar refractivity (Wildman–Crippen MR) is 158 cm³/mol. The number of piperidine rings is 2. The Kier molecular flexibility index (Phi) is 15.5. The predicted octanol–water partition coefficient (Wildman–Crippen LogP) is -4.63. The molecule has 2 aliphatic rings. The maximum absolute atomic E-state index is 12.4. The second-order valence-electron chi connectivity index (χ2n) is 11.9. The third-order valence-corrected chi connectivity index (χ3v) is 7.78. The van der Waals surface area contributed by atoms with E-state index in [0.29, 0.717) is 45.3 Å². The lowest BCUT2D eigenvalue weighted by Crippen LogP contribution is -2.64. The third-order valence-electron chi connectivity index (χ3n) is 7.78. The van der Waals surface area contributed by atoms with Crippen LogP contribution in [0.15, 0.2) is 0 Å². The SMILES string of the molecule is C[C@@H](N)C(=O)N1C[C@@H](CCB(O)O)C[C@](N)(C(=O)O)C1.NCCC[C@H](N)C(=O)N1C[C@@H](CCB(O)O)C[C@](N)(C(=O)O)C1. The average molecular weight is 617 g/mol. The summed E-state index contributed by atoms with van der Waals surface area (Å²) >= 11 is 0. The van der Waals surface area contributed by atoms with Crippen LogP contribution in [-0.4, -0.2) is 134 Å². The van der Waals surface area contributed by atoms with Gasteiger partial charge in [-0.3, -0.25) is 19.2 Å². The molecule has 0 aromatic heterocycles. The van der Waals surface area contributed by atoms with Crippen LogP contribution in [0.4, 0.5) is 0 Å². The molecule has 2 amide bonds. The van der Waals surface area contributed by atoms with Crippen molar-refractivity contribution in [2.24, 2.45) is 40.5 Å². The van der Waals surface area contributed by atoms with Crippen LogP contribution in [0.5, 0.6) is 0 Å². The normalized spacial score (nSPS) is 26.9. The molecule has 0 aromatic rings. The van der Waals surface area contributed by atoms with E-state index in [0.717, 1.165) is 0 Å². The Morgan fingerprint density at radius 1 is 0.814 bits per heavy atom. The second-order valence-corrected chi connectivity index (χ2v) is 11.9. The van der Waals surface area contributed by atoms with Crippen LogP contribution in [0.25, 0.3) is 0 Å². The summed E-state index contributed by atoms with van der Waals surface area (Å²) in [5.74, 6) is -3.47. The van der Waals surface area contributed by atoms with Gasteiger partial charge in [0.2, 0.25) is 11.8 Å². The van der Waals surface area contributed by atoms with Crippen LogP contribution in [0.1, 0.15) is 45.4 Å². The molecule has 2 heterocycles. The Morgan fingerprint density at radius 3 is 1.53 bits per heavy atom. The van der Waals surface area contributed by atoms with Crippen molar-refractivity contribution < 1.29 is 49.5 Å². The van der Waals surface area contributed by atoms with Gasteiger partial charge in [0.25, 0.3) is 0 Å². The molecule has 17 nitrogen and oxygen atoms in total. The minimum absolute atomic E-state index is 0.0825. The highest BCUT2D eigenvalue weighted by molar-refractivity contribution is 6.41. The van der Waals surface area contributed by atoms with Crippen molar-refractivity contribution in [3.63, 3.8) is 0 Å². The molecule has 246 valence electrons. The van der Waals surface area contributed by atoms with E-state index in [-0.39, 0.29) is 62.2 Å². The maximum Gasteiger partial charge on any atom is 0.451 e. The fourth-order valence-corrected chi connectivity index (χ4v) is 5.51. The molecule has 6 atom stereocenters. The lowest BCUT2D eigenvalue weighted by atomic mass is 9.75. The minimum Gasteiger partial charge on any atom is -0.480 e. The van der Waals surface area contributed by atoms with Crippen molar-refractivity contribution >= 4 is 38.0 Å². The Labute approximate surface area is 252 Å². The van der Waals surface area contributed by atoms with Crippen molar-refractivity contribution in [1.29, 1.82) is 0 Å². The number of amides is 2. The smallest absolute Gasteiger partial charge is 0.451 e. The van der Waals surface area contributed by atoms with Gasteiger partial charge in [0, 0.05) is 26.2 Å². The number of likely N-dealkylation sites (tertiary alicyclic amines) is 2. The Bertz CT molecular complexity index is 950. The van der Waals surface area contributed by atoms with E-state index in [1.165, 1.54) is 16.7 Å². The molecule has 2 aliphatic heterocycles. The number of hydrogen-bond acceptors (Lipinski definition) is 13. The molecule has 0 aromatic carbocycles. The molecule has 19 heteroatoms. The number of carboxylic acids is 2. The zero-order valence-corrected chi connectivity index (χ0v) is 24.8. The van der Waals surface area contributed by atoms with Crippen molar-refractivity contribution in [3.05, 3.63) is 0 Å². The summed E-state index contributed by atoms with van der Waals surface area (Å²) in [6.07, 6.45) is 2.36. The van der Waals surface area contributed by atoms with E-state index in [1.54, 1.807) is 0 Å². The highest BCUT2D eigenvalue weighted by Gasteiger charge is 2.45. The van der Waals surface area contributed by atoms with Crippen LogP contribution in [-0.2, 0) is 19.2 Å². The van der Waals surface area contributed by atoms with Gasteiger partial charge in [-0.05, 0) is 63.6 Å². The van der Waals surface area contributed by atoms with Gasteiger partial charge in [-0.25, -0.2) is 0 Å². The Morgan fingerprint density at radius 2 is 1.21 bits per heavy atom. The van der Waals surface area contributed by atoms with Crippen LogP contribution >= 0.6 is 0 Å². The fraction of sp³-hybridized carbons (Fsp3) is 0.833. The lowest BCUT2D eigenvalue weighted by molar-refractivity contribution is -0.151. The van der Waals surface area contributed by atoms with Crippen LogP contribution in [0, 0.1) is 11.8 Å². The number of aliphatic carboxylic acids is 2. The molecule has 0 bridgehead atoms. The Hall–Kier alpha value is -2.35. The molecule has 0 aliphatic carbocycles. The first-order chi connectivity index (χ1) is 19.8. The molecule has 2 fully saturated rings. The molecule has 0 saturated carbocycles. The molecule has 0 unspecified atom stereocenters. The summed E-state index contributed by atoms with van der Waals surface area (Å²) in [6, 6.07) is -1.46. The largest absolute Gasteiger partial charge is 0.480 e. The van der Waals surface area contributed by atoms with E-state index >= 15 is 0 Å². The molecule has 2 saturated heterocycles. The topological polar surface area (TPSA) is 326 Å². The van der Waals surface area contributed by atoms with E-state index < -0.39 is 49.3 Å². The van der Waals surface area contributed by atoms with Crippen LogP contribution < -0.4 is 28.7 Å². The fourth-order valence-electron chi connectivity index (χ4n) is 5.51. The number of carbonyl (C=O) groups excluding carboxylic acids is 2. The van der Waals surface area contributed by atoms with Gasteiger partial charge in [0.15, 0.2) is 0 Å². The van der Waals surface area contributed by atoms with E-state index in [2.05, 4.69) is 0 Å². The zero-order valence-electron chi connectivity index (χ0n) is 24.8. The van der Waals surface area contributed by atoms with Crippen molar-refractivity contribution in [3.8, 4) is 0 Å². The lowest BCUT2D eigenvalue weighted by Gasteiger charge is -2.42. The standard InChI is InChI=1S/C13H27BN4O5.C11H22BN3O5/c15-5-1-2-10(16)11(19)18-7-9(3-4-14(22)23)6-13(17,8-18)12(20)21;1-7(13)9(16)15-5-8(2-3-12(19)20)4-11(14,6-15)10(17)18/h9-10,22-23H,1-8,15-17H2,(H,20,21);7-8,19-20H,2-6,13-14H2,1H3,(H,17,18)/t9-,10-,13+;7-,8+,11-/m01/s1. The quantitative estimate of drug-likeness (QED) is 0.0866. The summed E-state index contributed by atoms with van der Waals surface area (Å²) in [6.45, 7) is 2.42. The highest BCUT2D eigenvalue weighted by Crippen LogP contribution is 2.29. The van der Waals surface area contributed by atoms with Gasteiger partial charge in [-0.15, -0.1) is 0 Å². The van der Waals surface area contributed by atoms with Gasteiger partial charge >= 0.3 is 26.2 Å². The average Bonchev–Trinajstić information content (AvgIpc) is 2.92. The van der Waals surface area contributed by atoms with Crippen molar-refractivity contribution in [1.82, 2.24) is 9.80 Å². The summed E-state index contributed by atoms with van der Waals surface area (Å²) in [5.41, 5.74) is 25.5. The summed E-state index contributed by atoms with van der Waals surface area (Å²) in [4.78, 5) is 49.9. The third kappa shape index (κ3) is 12.3. The number of carbonyl (C=O) groups is 4. The number of rotatable bonds is 13. The van der Waals surface area contributed by atoms with Crippen LogP contribution in [0.3, 0.4) is 0 Å². The molecule has 2 rings (SSSR count). The van der Waals surface area contributed by atoms with Gasteiger partial charge in [-0.2, -0.15) is 0 Å². The van der Waals surface area contributed by atoms with Crippen molar-refractivity contribution in [2.45, 2.75) is 81.3 Å². The number of hydrogen-bond donors (Lipinski definition) is 11. The summed E-state index contributed by atoms with van der Waals surface area (Å²) in [7, 11) is -2.92. The second kappa shape index (κ2) is 17.2. The van der Waals surface area contributed by atoms with Gasteiger partial charge in [-0.1, -0.05) is 12.8 Å². The molecule has 43 heavy (non-hydrogen) atoms. The van der Waals surface area contributed by atoms with Crippen LogP contribution in [0.2, 0.25) is 12.6 Å². The first-order valence-corrected chi connectivity index (χ1v) is 14.4. The monoisotopic (exact) mass is 617 g/mol. The zero-order chi connectivity index (χ0) is 33.1. The molecule has 16 N–H and O–H groups in total. The Balaban J connectivity index is 0.000000434. The van der Waals surface area contributed by atoms with Gasteiger partial charge < -0.3 is 68.8 Å². The van der Waals surface area contributed by atoms with E-state index in [4.69, 9.17) is 48.8 Å². The van der Waals surface area contributed by atoms with Gasteiger partial charge in [0.1, 0.15) is 11.1 Å². The first-order valence-electron chi connectivity index (χ1n) is 14.4. The molecular weight excluding hydrogens is 568 g/mol. The summed E-state index contributed by atoms with van der Waals surface area (Å²) < 4.78 is 0. The number of nitrogens with zero attached hydrogens (tertiary/aromatic N) is 2. The summed E-state index contributed by atoms with van der Waals surface area (Å²) in [5, 5.41) is 54.3. The van der Waals surface area contributed by atoms with E-state index in [1.807, 2.05) is 0 Å². The van der Waals surface area contributed by atoms with Gasteiger partial charge in [0.05, 0.1) is 12.1 Å². The first kappa shape index (κ1) is 38.7. The number of carboxylic acid groups (broad SMARTS) is 2. The molecular formula is C24H49B2N7O10. The van der Waals surface area contributed by atoms with E-state index in [9.17, 15) is 29.4 Å². The highest BCUT2D eigenvalue weighted by atomic mass is 16.4. The van der Waals surface area contributed by atoms with Crippen molar-refractivity contribution in [2.75, 3.05) is 32.7 Å². The number of nitrogens with two attached hydrogens (primary N) is 5. The molecule has 0 radical (unpaired) electrons. The molecule has 0 spiro atoms. The minimum atomic E-state index is -1.55.